The highest BCUT2D eigenvalue weighted by Gasteiger charge is 2.17. The molecule has 0 aliphatic rings. The highest BCUT2D eigenvalue weighted by Crippen LogP contribution is 2.33. The molecule has 0 saturated heterocycles. The Bertz CT molecular complexity index is 1380. The molecule has 4 aromatic carbocycles. The zero-order valence-electron chi connectivity index (χ0n) is 15.0. The van der Waals surface area contributed by atoms with Gasteiger partial charge in [-0.15, -0.1) is 0 Å². The molecule has 0 atom stereocenters. The van der Waals surface area contributed by atoms with Crippen molar-refractivity contribution in [2.75, 3.05) is 0 Å². The summed E-state index contributed by atoms with van der Waals surface area (Å²) in [4.78, 5) is 12.0. The van der Waals surface area contributed by atoms with Crippen LogP contribution in [-0.4, -0.2) is 10.5 Å². The molecule has 5 aromatic rings. The third-order valence-electron chi connectivity index (χ3n) is 5.33. The number of hydrogen-bond acceptors (Lipinski definition) is 1. The van der Waals surface area contributed by atoms with Crippen LogP contribution in [0.15, 0.2) is 78.9 Å². The van der Waals surface area contributed by atoms with Gasteiger partial charge in [0.05, 0.1) is 11.0 Å². The number of halogens is 1. The normalized spacial score (nSPS) is 11.5. The number of hydrogen-bond donors (Lipinski definition) is 1. The first-order chi connectivity index (χ1) is 13.6. The number of carbonyl (C=O) groups is 1. The van der Waals surface area contributed by atoms with E-state index >= 15 is 0 Å². The first-order valence-electron chi connectivity index (χ1n) is 9.10. The van der Waals surface area contributed by atoms with Crippen LogP contribution in [0, 0.1) is 5.82 Å². The molecule has 0 aliphatic carbocycles. The van der Waals surface area contributed by atoms with Crippen molar-refractivity contribution in [2.24, 2.45) is 5.73 Å². The number of primary amides is 1. The second-order valence-corrected chi connectivity index (χ2v) is 6.95. The molecule has 28 heavy (non-hydrogen) atoms. The first kappa shape index (κ1) is 16.5. The molecule has 4 heteroatoms. The lowest BCUT2D eigenvalue weighted by Gasteiger charge is -2.11. The van der Waals surface area contributed by atoms with Gasteiger partial charge in [0.25, 0.3) is 0 Å². The van der Waals surface area contributed by atoms with Gasteiger partial charge in [0.2, 0.25) is 5.91 Å². The Hall–Kier alpha value is -3.66. The predicted molar refractivity (Wildman–Crippen MR) is 111 cm³/mol. The Morgan fingerprint density at radius 3 is 2.50 bits per heavy atom. The van der Waals surface area contributed by atoms with Crippen LogP contribution in [0.2, 0.25) is 0 Å². The van der Waals surface area contributed by atoms with Crippen molar-refractivity contribution in [3.63, 3.8) is 0 Å². The van der Waals surface area contributed by atoms with E-state index in [1.807, 2.05) is 30.3 Å². The monoisotopic (exact) mass is 368 g/mol. The molecule has 0 fully saturated rings. The summed E-state index contributed by atoms with van der Waals surface area (Å²) in [5.74, 6) is -0.797. The topological polar surface area (TPSA) is 48.0 Å². The van der Waals surface area contributed by atoms with Crippen molar-refractivity contribution in [1.29, 1.82) is 0 Å². The van der Waals surface area contributed by atoms with Gasteiger partial charge in [-0.3, -0.25) is 4.79 Å². The van der Waals surface area contributed by atoms with Gasteiger partial charge < -0.3 is 10.3 Å². The van der Waals surface area contributed by atoms with E-state index in [9.17, 15) is 9.18 Å². The summed E-state index contributed by atoms with van der Waals surface area (Å²) in [5, 5.41) is 3.91. The quantitative estimate of drug-likeness (QED) is 0.465. The van der Waals surface area contributed by atoms with Gasteiger partial charge in [-0.1, -0.05) is 48.5 Å². The van der Waals surface area contributed by atoms with Crippen LogP contribution in [0.4, 0.5) is 4.39 Å². The summed E-state index contributed by atoms with van der Waals surface area (Å²) < 4.78 is 16.1. The molecule has 5 rings (SSSR count). The first-order valence-corrected chi connectivity index (χ1v) is 9.10. The predicted octanol–water partition coefficient (Wildman–Crippen LogP) is 5.23. The second-order valence-electron chi connectivity index (χ2n) is 6.95. The smallest absolute Gasteiger partial charge is 0.249 e. The Morgan fingerprint density at radius 2 is 1.64 bits per heavy atom. The van der Waals surface area contributed by atoms with Crippen LogP contribution in [0.1, 0.15) is 15.9 Å². The minimum absolute atomic E-state index is 0.310. The number of amides is 1. The summed E-state index contributed by atoms with van der Waals surface area (Å²) in [6, 6.07) is 24.5. The van der Waals surface area contributed by atoms with Crippen LogP contribution in [-0.2, 0) is 6.54 Å². The Labute approximate surface area is 160 Å². The molecule has 0 aliphatic heterocycles. The Balaban J connectivity index is 1.84. The molecule has 1 amide bonds. The molecule has 0 radical (unpaired) electrons. The highest BCUT2D eigenvalue weighted by atomic mass is 19.1. The number of nitrogens with zero attached hydrogens (tertiary/aromatic N) is 1. The van der Waals surface area contributed by atoms with E-state index < -0.39 is 5.91 Å². The maximum atomic E-state index is 14.1. The van der Waals surface area contributed by atoms with E-state index in [0.717, 1.165) is 38.1 Å². The Morgan fingerprint density at radius 1 is 0.857 bits per heavy atom. The summed E-state index contributed by atoms with van der Waals surface area (Å²) in [5.41, 5.74) is 8.81. The molecular formula is C24H17FN2O. The average Bonchev–Trinajstić information content (AvgIpc) is 3.01. The van der Waals surface area contributed by atoms with Crippen molar-refractivity contribution >= 4 is 38.5 Å². The standard InChI is InChI=1S/C24H17FN2O/c25-17-11-12-19-22(13-17)27(21-10-4-9-20(23(19)21)24(26)28)14-16-7-3-6-15-5-1-2-8-18(15)16/h1-13H,14H2,(H2,26,28). The van der Waals surface area contributed by atoms with E-state index in [1.165, 1.54) is 12.1 Å². The van der Waals surface area contributed by atoms with Crippen molar-refractivity contribution in [3.05, 3.63) is 95.8 Å². The Kier molecular flexibility index (Phi) is 3.66. The minimum Gasteiger partial charge on any atom is -0.366 e. The summed E-state index contributed by atoms with van der Waals surface area (Å²) >= 11 is 0. The van der Waals surface area contributed by atoms with Crippen LogP contribution in [0.5, 0.6) is 0 Å². The van der Waals surface area contributed by atoms with Crippen molar-refractivity contribution in [3.8, 4) is 0 Å². The summed E-state index contributed by atoms with van der Waals surface area (Å²) in [7, 11) is 0. The fourth-order valence-electron chi connectivity index (χ4n) is 4.09. The van der Waals surface area contributed by atoms with Crippen LogP contribution in [0.25, 0.3) is 32.6 Å². The molecule has 3 nitrogen and oxygen atoms in total. The number of fused-ring (bicyclic) bond motifs is 4. The third kappa shape index (κ3) is 2.46. The van der Waals surface area contributed by atoms with Crippen LogP contribution < -0.4 is 5.73 Å². The van der Waals surface area contributed by atoms with E-state index in [-0.39, 0.29) is 5.82 Å². The molecular weight excluding hydrogens is 351 g/mol. The molecule has 136 valence electrons. The maximum Gasteiger partial charge on any atom is 0.249 e. The highest BCUT2D eigenvalue weighted by molar-refractivity contribution is 6.17. The van der Waals surface area contributed by atoms with Crippen molar-refractivity contribution in [1.82, 2.24) is 4.57 Å². The van der Waals surface area contributed by atoms with Crippen molar-refractivity contribution in [2.45, 2.75) is 6.54 Å². The number of aromatic nitrogens is 1. The van der Waals surface area contributed by atoms with E-state index in [0.29, 0.717) is 12.1 Å². The lowest BCUT2D eigenvalue weighted by molar-refractivity contribution is 0.100. The molecule has 0 spiro atoms. The maximum absolute atomic E-state index is 14.1. The minimum atomic E-state index is -0.487. The number of rotatable bonds is 3. The fourth-order valence-corrected chi connectivity index (χ4v) is 4.09. The number of nitrogens with two attached hydrogens (primary N) is 1. The summed E-state index contributed by atoms with van der Waals surface area (Å²) in [6.45, 7) is 0.563. The van der Waals surface area contributed by atoms with E-state index in [4.69, 9.17) is 5.73 Å². The van der Waals surface area contributed by atoms with E-state index in [2.05, 4.69) is 28.8 Å². The van der Waals surface area contributed by atoms with E-state index in [1.54, 1.807) is 12.1 Å². The fraction of sp³-hybridized carbons (Fsp3) is 0.0417. The SMILES string of the molecule is NC(=O)c1cccc2c1c1ccc(F)cc1n2Cc1cccc2ccccc12. The molecule has 0 saturated carbocycles. The number of benzene rings is 4. The molecule has 0 bridgehead atoms. The lowest BCUT2D eigenvalue weighted by atomic mass is 10.0. The molecule has 1 heterocycles. The van der Waals surface area contributed by atoms with Gasteiger partial charge in [-0.05, 0) is 46.7 Å². The van der Waals surface area contributed by atoms with Gasteiger partial charge in [-0.2, -0.15) is 0 Å². The van der Waals surface area contributed by atoms with Gasteiger partial charge in [0, 0.05) is 22.9 Å². The van der Waals surface area contributed by atoms with Gasteiger partial charge in [0.1, 0.15) is 5.82 Å². The van der Waals surface area contributed by atoms with Crippen LogP contribution >= 0.6 is 0 Å². The lowest BCUT2D eigenvalue weighted by Crippen LogP contribution is -2.11. The zero-order valence-corrected chi connectivity index (χ0v) is 15.0. The van der Waals surface area contributed by atoms with Crippen molar-refractivity contribution < 1.29 is 9.18 Å². The molecule has 0 unspecified atom stereocenters. The molecule has 2 N–H and O–H groups in total. The number of carbonyl (C=O) groups excluding carboxylic acids is 1. The molecule has 1 aromatic heterocycles. The average molecular weight is 368 g/mol. The zero-order chi connectivity index (χ0) is 19.3. The van der Waals surface area contributed by atoms with Gasteiger partial charge in [0.15, 0.2) is 0 Å². The summed E-state index contributed by atoms with van der Waals surface area (Å²) in [6.07, 6.45) is 0. The van der Waals surface area contributed by atoms with Gasteiger partial charge in [-0.25, -0.2) is 4.39 Å². The largest absolute Gasteiger partial charge is 0.366 e. The van der Waals surface area contributed by atoms with Crippen LogP contribution in [0.3, 0.4) is 0 Å². The van der Waals surface area contributed by atoms with Gasteiger partial charge >= 0.3 is 0 Å². The second kappa shape index (κ2) is 6.20. The third-order valence-corrected chi connectivity index (χ3v) is 5.33.